The quantitative estimate of drug-likeness (QED) is 0.590. The van der Waals surface area contributed by atoms with E-state index in [0.717, 1.165) is 0 Å². The zero-order valence-electron chi connectivity index (χ0n) is 10.8. The van der Waals surface area contributed by atoms with Crippen LogP contribution in [0.5, 0.6) is 0 Å². The molecule has 0 unspecified atom stereocenters. The molecule has 3 aromatic rings. The van der Waals surface area contributed by atoms with E-state index in [2.05, 4.69) is 11.8 Å². The molecule has 1 aromatic heterocycles. The Morgan fingerprint density at radius 3 is 1.57 bits per heavy atom. The van der Waals surface area contributed by atoms with Crippen molar-refractivity contribution < 1.29 is 4.42 Å². The van der Waals surface area contributed by atoms with E-state index in [-0.39, 0.29) is 10.8 Å². The number of fused-ring (bicyclic) bond motifs is 3. The van der Waals surface area contributed by atoms with Crippen LogP contribution in [0.15, 0.2) is 50.4 Å². The molecule has 0 atom stereocenters. The molecule has 0 bridgehead atoms. The lowest BCUT2D eigenvalue weighted by Gasteiger charge is -2.02. The second kappa shape index (κ2) is 4.67. The molecule has 0 N–H and O–H groups in total. The van der Waals surface area contributed by atoms with Gasteiger partial charge in [0.15, 0.2) is 0 Å². The summed E-state index contributed by atoms with van der Waals surface area (Å²) in [5.41, 5.74) is -0.483. The second-order valence-electron chi connectivity index (χ2n) is 4.42. The fraction of sp³-hybridized carbons (Fsp3) is 0. The molecule has 3 rings (SSSR count). The third-order valence-electron chi connectivity index (χ3n) is 3.32. The van der Waals surface area contributed by atoms with Crippen LogP contribution in [0.1, 0.15) is 11.1 Å². The van der Waals surface area contributed by atoms with Crippen molar-refractivity contribution in [3.8, 4) is 24.7 Å². The summed E-state index contributed by atoms with van der Waals surface area (Å²) in [5.74, 6) is 5.05. The Labute approximate surface area is 119 Å². The third-order valence-corrected chi connectivity index (χ3v) is 3.32. The maximum atomic E-state index is 12.1. The fourth-order valence-electron chi connectivity index (χ4n) is 2.42. The first-order chi connectivity index (χ1) is 10.2. The molecule has 0 radical (unpaired) electrons. The zero-order chi connectivity index (χ0) is 15.0. The Hall–Kier alpha value is -3.30. The fourth-order valence-corrected chi connectivity index (χ4v) is 2.42. The van der Waals surface area contributed by atoms with Crippen LogP contribution in [0.25, 0.3) is 21.5 Å². The highest BCUT2D eigenvalue weighted by Gasteiger charge is 2.12. The van der Waals surface area contributed by atoms with Gasteiger partial charge in [-0.15, -0.1) is 12.8 Å². The SMILES string of the molecule is C#Cc1cccc2c(=O)oc(=O)c3cccc(C#C)c3c12. The number of terminal acetylenes is 2. The summed E-state index contributed by atoms with van der Waals surface area (Å²) in [5, 5.41) is 1.42. The monoisotopic (exact) mass is 272 g/mol. The highest BCUT2D eigenvalue weighted by atomic mass is 16.4. The van der Waals surface area contributed by atoms with Crippen LogP contribution >= 0.6 is 0 Å². The molecule has 2 aromatic carbocycles. The standard InChI is InChI=1S/C18H8O3/c1-3-11-7-5-9-13-15(11)16-12(4-2)8-6-10-14(16)18(20)21-17(13)19/h1-2,5-10H. The van der Waals surface area contributed by atoms with Crippen molar-refractivity contribution in [3.05, 3.63) is 68.4 Å². The first kappa shape index (κ1) is 12.7. The lowest BCUT2D eigenvalue weighted by Crippen LogP contribution is -2.04. The highest BCUT2D eigenvalue weighted by Crippen LogP contribution is 2.26. The summed E-state index contributed by atoms with van der Waals surface area (Å²) >= 11 is 0. The molecule has 3 nitrogen and oxygen atoms in total. The summed E-state index contributed by atoms with van der Waals surface area (Å²) < 4.78 is 4.85. The number of hydrogen-bond donors (Lipinski definition) is 0. The van der Waals surface area contributed by atoms with E-state index in [1.807, 2.05) is 0 Å². The van der Waals surface area contributed by atoms with Crippen LogP contribution in [-0.2, 0) is 0 Å². The molecule has 3 heteroatoms. The van der Waals surface area contributed by atoms with E-state index in [0.29, 0.717) is 21.9 Å². The van der Waals surface area contributed by atoms with Crippen molar-refractivity contribution in [2.75, 3.05) is 0 Å². The average molecular weight is 272 g/mol. The molecule has 21 heavy (non-hydrogen) atoms. The highest BCUT2D eigenvalue weighted by molar-refractivity contribution is 6.10. The minimum absolute atomic E-state index is 0.236. The molecule has 0 fully saturated rings. The van der Waals surface area contributed by atoms with Crippen LogP contribution in [0.2, 0.25) is 0 Å². The van der Waals surface area contributed by atoms with Gasteiger partial charge in [0.05, 0.1) is 10.8 Å². The maximum absolute atomic E-state index is 12.1. The van der Waals surface area contributed by atoms with Gasteiger partial charge in [-0.1, -0.05) is 24.0 Å². The Morgan fingerprint density at radius 2 is 1.19 bits per heavy atom. The van der Waals surface area contributed by atoms with Crippen molar-refractivity contribution >= 4 is 21.5 Å². The molecule has 1 heterocycles. The van der Waals surface area contributed by atoms with Crippen molar-refractivity contribution in [2.24, 2.45) is 0 Å². The van der Waals surface area contributed by atoms with Crippen LogP contribution in [0.4, 0.5) is 0 Å². The van der Waals surface area contributed by atoms with E-state index in [9.17, 15) is 9.59 Å². The van der Waals surface area contributed by atoms with Crippen LogP contribution in [0, 0.1) is 24.7 Å². The first-order valence-corrected chi connectivity index (χ1v) is 6.13. The van der Waals surface area contributed by atoms with Gasteiger partial charge in [-0.2, -0.15) is 0 Å². The summed E-state index contributed by atoms with van der Waals surface area (Å²) in [6, 6.07) is 9.80. The summed E-state index contributed by atoms with van der Waals surface area (Å²) in [7, 11) is 0. The summed E-state index contributed by atoms with van der Waals surface area (Å²) in [4.78, 5) is 24.2. The summed E-state index contributed by atoms with van der Waals surface area (Å²) in [6.07, 6.45) is 11.0. The third kappa shape index (κ3) is 1.81. The topological polar surface area (TPSA) is 47.3 Å². The lowest BCUT2D eigenvalue weighted by atomic mass is 9.98. The minimum atomic E-state index is -0.730. The van der Waals surface area contributed by atoms with Gasteiger partial charge in [0.25, 0.3) is 0 Å². The predicted octanol–water partition coefficient (Wildman–Crippen LogP) is 2.27. The average Bonchev–Trinajstić information content (AvgIpc) is 2.63. The molecule has 98 valence electrons. The Kier molecular flexibility index (Phi) is 2.83. The second-order valence-corrected chi connectivity index (χ2v) is 4.42. The van der Waals surface area contributed by atoms with Gasteiger partial charge >= 0.3 is 11.3 Å². The Bertz CT molecular complexity index is 1000. The van der Waals surface area contributed by atoms with Gasteiger partial charge in [0, 0.05) is 21.9 Å². The van der Waals surface area contributed by atoms with Gasteiger partial charge < -0.3 is 4.42 Å². The van der Waals surface area contributed by atoms with Crippen molar-refractivity contribution in [1.29, 1.82) is 0 Å². The first-order valence-electron chi connectivity index (χ1n) is 6.13. The van der Waals surface area contributed by atoms with Gasteiger partial charge in [-0.3, -0.25) is 0 Å². The van der Waals surface area contributed by atoms with E-state index in [4.69, 9.17) is 17.3 Å². The number of rotatable bonds is 0. The van der Waals surface area contributed by atoms with E-state index in [1.165, 1.54) is 0 Å². The Morgan fingerprint density at radius 1 is 0.762 bits per heavy atom. The number of benzene rings is 2. The van der Waals surface area contributed by atoms with E-state index < -0.39 is 11.3 Å². The molecule has 0 saturated heterocycles. The van der Waals surface area contributed by atoms with Gasteiger partial charge in [0.2, 0.25) is 0 Å². The molecule has 0 saturated carbocycles. The van der Waals surface area contributed by atoms with E-state index >= 15 is 0 Å². The van der Waals surface area contributed by atoms with E-state index in [1.54, 1.807) is 36.4 Å². The summed E-state index contributed by atoms with van der Waals surface area (Å²) in [6.45, 7) is 0. The van der Waals surface area contributed by atoms with Gasteiger partial charge in [-0.05, 0) is 24.3 Å². The normalized spacial score (nSPS) is 10.2. The van der Waals surface area contributed by atoms with Crippen LogP contribution in [-0.4, -0.2) is 0 Å². The molecular formula is C18H8O3. The van der Waals surface area contributed by atoms with Crippen LogP contribution in [0.3, 0.4) is 0 Å². The predicted molar refractivity (Wildman–Crippen MR) is 82.1 cm³/mol. The lowest BCUT2D eigenvalue weighted by molar-refractivity contribution is 0.491. The van der Waals surface area contributed by atoms with Gasteiger partial charge in [-0.25, -0.2) is 9.59 Å². The van der Waals surface area contributed by atoms with Crippen molar-refractivity contribution in [2.45, 2.75) is 0 Å². The molecule has 0 spiro atoms. The van der Waals surface area contributed by atoms with Gasteiger partial charge in [0.1, 0.15) is 0 Å². The molecule has 0 aliphatic heterocycles. The van der Waals surface area contributed by atoms with Crippen molar-refractivity contribution in [3.63, 3.8) is 0 Å². The number of hydrogen-bond acceptors (Lipinski definition) is 3. The minimum Gasteiger partial charge on any atom is -0.386 e. The smallest absolute Gasteiger partial charge is 0.346 e. The maximum Gasteiger partial charge on any atom is 0.346 e. The molecule has 0 aliphatic rings. The Balaban J connectivity index is 2.91. The molecule has 0 amide bonds. The van der Waals surface area contributed by atoms with Crippen LogP contribution < -0.4 is 11.3 Å². The zero-order valence-corrected chi connectivity index (χ0v) is 10.8. The molecule has 0 aliphatic carbocycles. The van der Waals surface area contributed by atoms with Crippen molar-refractivity contribution in [1.82, 2.24) is 0 Å². The molecular weight excluding hydrogens is 264 g/mol. The largest absolute Gasteiger partial charge is 0.386 e.